The van der Waals surface area contributed by atoms with Crippen LogP contribution in [0.3, 0.4) is 0 Å². The Bertz CT molecular complexity index is 695. The number of allylic oxidation sites excluding steroid dienone is 5. The normalized spacial score (nSPS) is 19.0. The summed E-state index contributed by atoms with van der Waals surface area (Å²) in [6.07, 6.45) is 10.2. The molecule has 0 N–H and O–H groups in total. The molecule has 3 heteroatoms. The van der Waals surface area contributed by atoms with Gasteiger partial charge in [-0.25, -0.2) is 0 Å². The van der Waals surface area contributed by atoms with Gasteiger partial charge in [-0.15, -0.1) is 0 Å². The summed E-state index contributed by atoms with van der Waals surface area (Å²) in [6.45, 7) is -2.15. The number of ether oxygens (including phenoxy) is 1. The van der Waals surface area contributed by atoms with Crippen molar-refractivity contribution in [3.63, 3.8) is 0 Å². The van der Waals surface area contributed by atoms with E-state index in [4.69, 9.17) is 16.0 Å². The predicted octanol–water partition coefficient (Wildman–Crippen LogP) is 4.83. The lowest BCUT2D eigenvalue weighted by Crippen LogP contribution is -2.28. The maximum atomic E-state index is 7.43. The number of hydrogen-bond acceptors (Lipinski definition) is 1. The van der Waals surface area contributed by atoms with Crippen molar-refractivity contribution in [3.8, 4) is 0 Å². The molecule has 23 heavy (non-hydrogen) atoms. The number of halogens is 1. The second-order valence-corrected chi connectivity index (χ2v) is 9.81. The summed E-state index contributed by atoms with van der Waals surface area (Å²) in [4.78, 5) is 0. The first-order valence-electron chi connectivity index (χ1n) is 7.54. The Labute approximate surface area is 143 Å². The van der Waals surface area contributed by atoms with Gasteiger partial charge in [-0.1, -0.05) is 54.6 Å². The Morgan fingerprint density at radius 1 is 0.913 bits per heavy atom. The van der Waals surface area contributed by atoms with E-state index in [1.165, 1.54) is 10.6 Å². The summed E-state index contributed by atoms with van der Waals surface area (Å²) in [5.74, 6) is 0. The van der Waals surface area contributed by atoms with Gasteiger partial charge in [0.2, 0.25) is 0 Å². The van der Waals surface area contributed by atoms with Crippen molar-refractivity contribution in [2.75, 3.05) is 7.11 Å². The highest BCUT2D eigenvalue weighted by molar-refractivity contribution is 8.10. The number of rotatable bonds is 4. The molecule has 0 radical (unpaired) electrons. The number of methoxy groups -OCH3 is 1. The van der Waals surface area contributed by atoms with Gasteiger partial charge in [-0.05, 0) is 30.3 Å². The van der Waals surface area contributed by atoms with E-state index >= 15 is 0 Å². The lowest BCUT2D eigenvalue weighted by Gasteiger charge is -2.27. The molecule has 0 heterocycles. The Morgan fingerprint density at radius 2 is 1.48 bits per heavy atom. The third kappa shape index (κ3) is 3.13. The van der Waals surface area contributed by atoms with Crippen LogP contribution in [-0.2, 0) is 4.74 Å². The van der Waals surface area contributed by atoms with Gasteiger partial charge in [0, 0.05) is 5.57 Å². The molecule has 3 rings (SSSR count). The molecule has 0 aromatic heterocycles. The molecule has 116 valence electrons. The van der Waals surface area contributed by atoms with E-state index in [2.05, 4.69) is 66.8 Å². The molecule has 1 unspecified atom stereocenters. The molecule has 1 aliphatic carbocycles. The fourth-order valence-electron chi connectivity index (χ4n) is 2.88. The third-order valence-electron chi connectivity index (χ3n) is 3.94. The average molecular weight is 342 g/mol. The van der Waals surface area contributed by atoms with E-state index in [9.17, 15) is 0 Å². The SMILES string of the molecule is COC=C1C=CC=CC1[P+](Cl)(c1ccccc1)c1ccccc1. The molecule has 0 saturated carbocycles. The molecule has 0 bridgehead atoms. The minimum Gasteiger partial charge on any atom is -0.504 e. The van der Waals surface area contributed by atoms with Crippen molar-refractivity contribution in [1.29, 1.82) is 0 Å². The van der Waals surface area contributed by atoms with E-state index in [0.29, 0.717) is 0 Å². The van der Waals surface area contributed by atoms with Gasteiger partial charge in [0.1, 0.15) is 16.3 Å². The highest BCUT2D eigenvalue weighted by Gasteiger charge is 2.50. The standard InChI is InChI=1S/C20H19ClOP/c1-22-16-17-10-8-9-15-20(17)23(21,18-11-4-2-5-12-18)19-13-6-3-7-14-19/h2-16,20H,1H3/q+1. The quantitative estimate of drug-likeness (QED) is 0.571. The van der Waals surface area contributed by atoms with Crippen LogP contribution in [0.2, 0.25) is 0 Å². The fourth-order valence-corrected chi connectivity index (χ4v) is 7.13. The molecular formula is C20H19ClOP+. The van der Waals surface area contributed by atoms with E-state index < -0.39 is 6.62 Å². The molecule has 2 aromatic carbocycles. The van der Waals surface area contributed by atoms with Crippen LogP contribution < -0.4 is 10.6 Å². The van der Waals surface area contributed by atoms with Crippen LogP contribution in [0.4, 0.5) is 0 Å². The van der Waals surface area contributed by atoms with E-state index in [-0.39, 0.29) is 5.66 Å². The van der Waals surface area contributed by atoms with Gasteiger partial charge < -0.3 is 4.74 Å². The van der Waals surface area contributed by atoms with Crippen LogP contribution >= 0.6 is 17.9 Å². The van der Waals surface area contributed by atoms with Crippen LogP contribution in [0.1, 0.15) is 0 Å². The molecule has 1 atom stereocenters. The summed E-state index contributed by atoms with van der Waals surface area (Å²) in [7, 11) is 1.68. The summed E-state index contributed by atoms with van der Waals surface area (Å²) < 4.78 is 5.29. The van der Waals surface area contributed by atoms with Gasteiger partial charge in [0.05, 0.1) is 24.6 Å². The molecule has 0 aliphatic heterocycles. The van der Waals surface area contributed by atoms with Crippen molar-refractivity contribution in [2.24, 2.45) is 0 Å². The Balaban J connectivity index is 2.19. The van der Waals surface area contributed by atoms with Crippen LogP contribution in [0.15, 0.2) is 96.8 Å². The maximum absolute atomic E-state index is 7.43. The zero-order valence-electron chi connectivity index (χ0n) is 13.0. The fraction of sp³-hybridized carbons (Fsp3) is 0.100. The first-order chi connectivity index (χ1) is 11.3. The summed E-state index contributed by atoms with van der Waals surface area (Å²) in [5, 5.41) is 2.36. The first-order valence-corrected chi connectivity index (χ1v) is 10.3. The van der Waals surface area contributed by atoms with Crippen molar-refractivity contribution in [3.05, 3.63) is 96.8 Å². The zero-order chi connectivity index (χ0) is 16.1. The van der Waals surface area contributed by atoms with Crippen LogP contribution in [0, 0.1) is 0 Å². The lowest BCUT2D eigenvalue weighted by molar-refractivity contribution is 0.334. The van der Waals surface area contributed by atoms with Crippen molar-refractivity contribution in [2.45, 2.75) is 5.66 Å². The topological polar surface area (TPSA) is 9.23 Å². The smallest absolute Gasteiger partial charge is 0.189 e. The number of hydrogen-bond donors (Lipinski definition) is 0. The Kier molecular flexibility index (Phi) is 5.00. The lowest BCUT2D eigenvalue weighted by atomic mass is 10.1. The van der Waals surface area contributed by atoms with Crippen LogP contribution in [-0.4, -0.2) is 12.8 Å². The highest BCUT2D eigenvalue weighted by atomic mass is 35.7. The molecule has 1 nitrogen and oxygen atoms in total. The number of benzene rings is 2. The molecular weight excluding hydrogens is 323 g/mol. The van der Waals surface area contributed by atoms with Gasteiger partial charge in [-0.2, -0.15) is 0 Å². The molecule has 0 saturated heterocycles. The zero-order valence-corrected chi connectivity index (χ0v) is 14.6. The summed E-state index contributed by atoms with van der Waals surface area (Å²) in [5.41, 5.74) is 1.20. The molecule has 0 amide bonds. The predicted molar refractivity (Wildman–Crippen MR) is 102 cm³/mol. The average Bonchev–Trinajstić information content (AvgIpc) is 2.63. The third-order valence-corrected chi connectivity index (χ3v) is 9.07. The van der Waals surface area contributed by atoms with E-state index in [0.717, 1.165) is 5.57 Å². The molecule has 0 fully saturated rings. The Hall–Kier alpha value is -1.82. The van der Waals surface area contributed by atoms with Crippen molar-refractivity contribution >= 4 is 28.5 Å². The molecule has 1 aliphatic rings. The Morgan fingerprint density at radius 3 is 2.00 bits per heavy atom. The van der Waals surface area contributed by atoms with Gasteiger partial charge in [-0.3, -0.25) is 0 Å². The van der Waals surface area contributed by atoms with E-state index in [1.54, 1.807) is 13.4 Å². The van der Waals surface area contributed by atoms with Crippen molar-refractivity contribution in [1.82, 2.24) is 0 Å². The monoisotopic (exact) mass is 341 g/mol. The van der Waals surface area contributed by atoms with Crippen molar-refractivity contribution < 1.29 is 4.74 Å². The molecule has 0 spiro atoms. The largest absolute Gasteiger partial charge is 0.504 e. The van der Waals surface area contributed by atoms with Gasteiger partial charge in [0.25, 0.3) is 0 Å². The minimum absolute atomic E-state index is 0.0962. The summed E-state index contributed by atoms with van der Waals surface area (Å²) >= 11 is 7.43. The highest BCUT2D eigenvalue weighted by Crippen LogP contribution is 2.68. The van der Waals surface area contributed by atoms with Gasteiger partial charge >= 0.3 is 0 Å². The van der Waals surface area contributed by atoms with Crippen LogP contribution in [0.25, 0.3) is 0 Å². The maximum Gasteiger partial charge on any atom is 0.189 e. The first kappa shape index (κ1) is 16.1. The summed E-state index contributed by atoms with van der Waals surface area (Å²) in [6, 6.07) is 20.8. The van der Waals surface area contributed by atoms with E-state index in [1.807, 2.05) is 18.2 Å². The second-order valence-electron chi connectivity index (χ2n) is 5.35. The van der Waals surface area contributed by atoms with Crippen LogP contribution in [0.5, 0.6) is 0 Å². The minimum atomic E-state index is -2.15. The second kappa shape index (κ2) is 7.17. The molecule has 2 aromatic rings. The van der Waals surface area contributed by atoms with Gasteiger partial charge in [0.15, 0.2) is 6.62 Å².